The van der Waals surface area contributed by atoms with E-state index in [1.807, 2.05) is 20.8 Å². The molecule has 1 aliphatic heterocycles. The summed E-state index contributed by atoms with van der Waals surface area (Å²) in [7, 11) is 0. The Morgan fingerprint density at radius 1 is 1.59 bits per heavy atom. The van der Waals surface area contributed by atoms with Crippen LogP contribution in [0.5, 0.6) is 0 Å². The van der Waals surface area contributed by atoms with Gasteiger partial charge in [0, 0.05) is 19.0 Å². The zero-order chi connectivity index (χ0) is 13.0. The lowest BCUT2D eigenvalue weighted by atomic mass is 10.2. The maximum Gasteiger partial charge on any atom is 0.241 e. The molecule has 17 heavy (non-hydrogen) atoms. The lowest BCUT2D eigenvalue weighted by Crippen LogP contribution is -2.37. The zero-order valence-electron chi connectivity index (χ0n) is 10.4. The molecule has 1 heterocycles. The van der Waals surface area contributed by atoms with E-state index in [2.05, 4.69) is 5.32 Å². The van der Waals surface area contributed by atoms with E-state index in [1.54, 1.807) is 4.90 Å². The first-order chi connectivity index (χ1) is 7.95. The molecule has 1 rings (SSSR count). The van der Waals surface area contributed by atoms with Gasteiger partial charge >= 0.3 is 0 Å². The highest BCUT2D eigenvalue weighted by molar-refractivity contribution is 8.24. The van der Waals surface area contributed by atoms with Crippen molar-refractivity contribution in [2.45, 2.75) is 44.9 Å². The van der Waals surface area contributed by atoms with Gasteiger partial charge < -0.3 is 5.32 Å². The summed E-state index contributed by atoms with van der Waals surface area (Å²) in [5.74, 6) is 0.000366. The molecule has 0 radical (unpaired) electrons. The molecule has 1 atom stereocenters. The third-order valence-corrected chi connectivity index (χ3v) is 4.14. The van der Waals surface area contributed by atoms with Gasteiger partial charge in [-0.2, -0.15) is 0 Å². The smallest absolute Gasteiger partial charge is 0.241 e. The summed E-state index contributed by atoms with van der Waals surface area (Å²) in [4.78, 5) is 24.9. The van der Waals surface area contributed by atoms with Crippen LogP contribution in [0.25, 0.3) is 0 Å². The van der Waals surface area contributed by atoms with Gasteiger partial charge in [-0.05, 0) is 20.3 Å². The van der Waals surface area contributed by atoms with Crippen LogP contribution >= 0.6 is 24.0 Å². The molecule has 4 nitrogen and oxygen atoms in total. The molecule has 0 bridgehead atoms. The van der Waals surface area contributed by atoms with E-state index in [0.717, 1.165) is 6.42 Å². The van der Waals surface area contributed by atoms with Crippen molar-refractivity contribution in [3.63, 3.8) is 0 Å². The minimum Gasteiger partial charge on any atom is -0.354 e. The lowest BCUT2D eigenvalue weighted by Gasteiger charge is -2.15. The topological polar surface area (TPSA) is 49.4 Å². The van der Waals surface area contributed by atoms with Gasteiger partial charge in [-0.15, -0.1) is 0 Å². The molecule has 0 aromatic heterocycles. The van der Waals surface area contributed by atoms with Crippen molar-refractivity contribution in [2.75, 3.05) is 6.54 Å². The largest absolute Gasteiger partial charge is 0.354 e. The van der Waals surface area contributed by atoms with Crippen molar-refractivity contribution in [1.29, 1.82) is 0 Å². The van der Waals surface area contributed by atoms with Crippen LogP contribution in [-0.4, -0.2) is 38.9 Å². The van der Waals surface area contributed by atoms with Gasteiger partial charge in [0.1, 0.15) is 4.32 Å². The number of hydrogen-bond donors (Lipinski definition) is 1. The Morgan fingerprint density at radius 3 is 2.71 bits per heavy atom. The van der Waals surface area contributed by atoms with Crippen molar-refractivity contribution in [3.8, 4) is 0 Å². The highest BCUT2D eigenvalue weighted by Gasteiger charge is 2.35. The van der Waals surface area contributed by atoms with E-state index in [0.29, 0.717) is 17.3 Å². The first-order valence-electron chi connectivity index (χ1n) is 5.77. The predicted octanol–water partition coefficient (Wildman–Crippen LogP) is 1.54. The van der Waals surface area contributed by atoms with Crippen molar-refractivity contribution < 1.29 is 9.59 Å². The van der Waals surface area contributed by atoms with Crippen LogP contribution in [0, 0.1) is 0 Å². The molecule has 0 aromatic carbocycles. The highest BCUT2D eigenvalue weighted by Crippen LogP contribution is 2.29. The lowest BCUT2D eigenvalue weighted by molar-refractivity contribution is -0.127. The maximum atomic E-state index is 11.9. The first kappa shape index (κ1) is 14.4. The van der Waals surface area contributed by atoms with E-state index in [4.69, 9.17) is 12.2 Å². The summed E-state index contributed by atoms with van der Waals surface area (Å²) < 4.78 is 0.596. The molecule has 96 valence electrons. The number of thiocarbonyl (C=S) groups is 1. The molecule has 1 unspecified atom stereocenters. The standard InChI is InChI=1S/C11H18N2O2S2/c1-4-8-10(15)13(11(16)17-8)6-5-9(14)12-7(2)3/h7-8H,4-6H2,1-3H3,(H,12,14). The molecular weight excluding hydrogens is 256 g/mol. The molecule has 1 saturated heterocycles. The minimum absolute atomic E-state index is 0.0412. The van der Waals surface area contributed by atoms with Crippen molar-refractivity contribution in [2.24, 2.45) is 0 Å². The highest BCUT2D eigenvalue weighted by atomic mass is 32.2. The van der Waals surface area contributed by atoms with E-state index in [1.165, 1.54) is 11.8 Å². The second-order valence-electron chi connectivity index (χ2n) is 4.24. The van der Waals surface area contributed by atoms with Gasteiger partial charge in [0.25, 0.3) is 0 Å². The molecule has 1 N–H and O–H groups in total. The van der Waals surface area contributed by atoms with Crippen LogP contribution in [0.1, 0.15) is 33.6 Å². The van der Waals surface area contributed by atoms with Crippen LogP contribution in [-0.2, 0) is 9.59 Å². The average molecular weight is 274 g/mol. The van der Waals surface area contributed by atoms with Crippen LogP contribution in [0.2, 0.25) is 0 Å². The second-order valence-corrected chi connectivity index (χ2v) is 6.08. The quantitative estimate of drug-likeness (QED) is 0.773. The number of carbonyl (C=O) groups excluding carboxylic acids is 2. The summed E-state index contributed by atoms with van der Waals surface area (Å²) in [6, 6.07) is 0.126. The Morgan fingerprint density at radius 2 is 2.24 bits per heavy atom. The molecule has 0 aliphatic carbocycles. The Hall–Kier alpha value is -0.620. The fourth-order valence-corrected chi connectivity index (χ4v) is 3.04. The molecule has 0 spiro atoms. The van der Waals surface area contributed by atoms with Gasteiger partial charge in [-0.1, -0.05) is 30.9 Å². The number of rotatable bonds is 5. The van der Waals surface area contributed by atoms with E-state index < -0.39 is 0 Å². The molecule has 0 aromatic rings. The fraction of sp³-hybridized carbons (Fsp3) is 0.727. The summed E-state index contributed by atoms with van der Waals surface area (Å²) in [5.41, 5.74) is 0. The maximum absolute atomic E-state index is 11.9. The summed E-state index contributed by atoms with van der Waals surface area (Å²) in [6.07, 6.45) is 1.08. The Kier molecular flexibility index (Phi) is 5.39. The molecule has 1 aliphatic rings. The van der Waals surface area contributed by atoms with Crippen LogP contribution < -0.4 is 5.32 Å². The molecule has 2 amide bonds. The number of carbonyl (C=O) groups is 2. The molecule has 0 saturated carbocycles. The summed E-state index contributed by atoms with van der Waals surface area (Å²) in [5, 5.41) is 2.74. The van der Waals surface area contributed by atoms with Gasteiger partial charge in [0.05, 0.1) is 5.25 Å². The van der Waals surface area contributed by atoms with Gasteiger partial charge in [-0.3, -0.25) is 14.5 Å². The molecule has 6 heteroatoms. The minimum atomic E-state index is -0.0596. The van der Waals surface area contributed by atoms with Crippen LogP contribution in [0.15, 0.2) is 0 Å². The summed E-state index contributed by atoms with van der Waals surface area (Å²) >= 11 is 6.56. The molecular formula is C11H18N2O2S2. The van der Waals surface area contributed by atoms with Gasteiger partial charge in [0.15, 0.2) is 0 Å². The summed E-state index contributed by atoms with van der Waals surface area (Å²) in [6.45, 7) is 6.17. The number of thioether (sulfide) groups is 1. The average Bonchev–Trinajstić information content (AvgIpc) is 2.50. The fourth-order valence-electron chi connectivity index (χ4n) is 1.57. The monoisotopic (exact) mass is 274 g/mol. The number of hydrogen-bond acceptors (Lipinski definition) is 4. The van der Waals surface area contributed by atoms with E-state index in [9.17, 15) is 9.59 Å². The molecule has 1 fully saturated rings. The van der Waals surface area contributed by atoms with E-state index in [-0.39, 0.29) is 23.1 Å². The predicted molar refractivity (Wildman–Crippen MR) is 73.9 cm³/mol. The van der Waals surface area contributed by atoms with Crippen molar-refractivity contribution in [3.05, 3.63) is 0 Å². The Balaban J connectivity index is 2.44. The Bertz CT molecular complexity index is 331. The zero-order valence-corrected chi connectivity index (χ0v) is 12.0. The SMILES string of the molecule is CCC1SC(=S)N(CCC(=O)NC(C)C)C1=O. The number of nitrogens with one attached hydrogen (secondary N) is 1. The van der Waals surface area contributed by atoms with E-state index >= 15 is 0 Å². The second kappa shape index (κ2) is 6.35. The Labute approximate surface area is 111 Å². The third-order valence-electron chi connectivity index (χ3n) is 2.39. The van der Waals surface area contributed by atoms with Gasteiger partial charge in [-0.25, -0.2) is 0 Å². The first-order valence-corrected chi connectivity index (χ1v) is 7.05. The van der Waals surface area contributed by atoms with Crippen molar-refractivity contribution in [1.82, 2.24) is 10.2 Å². The van der Waals surface area contributed by atoms with Gasteiger partial charge in [0.2, 0.25) is 11.8 Å². The number of nitrogens with zero attached hydrogens (tertiary/aromatic N) is 1. The van der Waals surface area contributed by atoms with Crippen molar-refractivity contribution >= 4 is 40.1 Å². The van der Waals surface area contributed by atoms with Crippen LogP contribution in [0.4, 0.5) is 0 Å². The third kappa shape index (κ3) is 3.96. The van der Waals surface area contributed by atoms with Crippen LogP contribution in [0.3, 0.4) is 0 Å². The number of amides is 2. The normalized spacial score (nSPS) is 20.2.